The minimum atomic E-state index is -6.76. The largest absolute Gasteiger partial charge is 0.443 e. The Morgan fingerprint density at radius 1 is 0.857 bits per heavy atom. The zero-order valence-electron chi connectivity index (χ0n) is 15.6. The topological polar surface area (TPSA) is 154 Å². The highest BCUT2D eigenvalue weighted by Crippen LogP contribution is 2.60. The Bertz CT molecular complexity index is 1130. The van der Waals surface area contributed by atoms with Crippen LogP contribution in [0, 0.1) is 30.3 Å². The fraction of sp³-hybridized carbons (Fsp3) is 0.308. The third kappa shape index (κ3) is 4.77. The lowest BCUT2D eigenvalue weighted by molar-refractivity contribution is -0.401. The van der Waals surface area contributed by atoms with Crippen molar-refractivity contribution in [1.82, 2.24) is 0 Å². The maximum Gasteiger partial charge on any atom is 0.443 e. The molecule has 0 saturated carbocycles. The molecule has 2 rings (SSSR count). The highest BCUT2D eigenvalue weighted by atomic mass is 32.2. The molecule has 0 aliphatic carbocycles. The van der Waals surface area contributed by atoms with Gasteiger partial charge in [0.1, 0.15) is 0 Å². The molecule has 11 nitrogen and oxygen atoms in total. The number of halogens is 10. The lowest BCUT2D eigenvalue weighted by Crippen LogP contribution is -2.55. The fourth-order valence-corrected chi connectivity index (χ4v) is 3.71. The van der Waals surface area contributed by atoms with Gasteiger partial charge in [-0.2, -0.15) is 39.5 Å². The van der Waals surface area contributed by atoms with E-state index in [0.717, 1.165) is 0 Å². The number of aliphatic imine (C=N–C) groups is 1. The van der Waals surface area contributed by atoms with Crippen LogP contribution in [0.1, 0.15) is 0 Å². The molecule has 1 heterocycles. The molecule has 1 N–H and O–H groups in total. The molecular weight excluding hydrogens is 544 g/mol. The SMILES string of the molecule is O=[N+]([O-])c1cc([N+](=O)[O-])c(NC2=NC(C(F)(F)F)(C(F)(F)F)C(=C(F)C(F)(F)F)S2)c([N+](=O)[O-])c1. The molecule has 0 unspecified atom stereocenters. The van der Waals surface area contributed by atoms with Gasteiger partial charge in [0.15, 0.2) is 10.9 Å². The Morgan fingerprint density at radius 3 is 1.60 bits per heavy atom. The highest BCUT2D eigenvalue weighted by Gasteiger charge is 2.77. The van der Waals surface area contributed by atoms with Crippen molar-refractivity contribution in [2.75, 3.05) is 5.32 Å². The number of allylic oxidation sites excluding steroid dienone is 1. The minimum Gasteiger partial charge on any atom is -0.323 e. The average molecular weight is 547 g/mol. The van der Waals surface area contributed by atoms with Gasteiger partial charge in [0.05, 0.1) is 31.8 Å². The maximum absolute atomic E-state index is 13.8. The van der Waals surface area contributed by atoms with Gasteiger partial charge in [-0.15, -0.1) is 0 Å². The molecule has 0 amide bonds. The monoisotopic (exact) mass is 547 g/mol. The van der Waals surface area contributed by atoms with E-state index in [1.807, 2.05) is 0 Å². The van der Waals surface area contributed by atoms with E-state index >= 15 is 0 Å². The van der Waals surface area contributed by atoms with Crippen molar-refractivity contribution >= 4 is 39.7 Å². The number of thioether (sulfide) groups is 1. The molecule has 1 aromatic rings. The number of non-ortho nitro benzene ring substituents is 1. The van der Waals surface area contributed by atoms with Crippen LogP contribution in [0.15, 0.2) is 27.9 Å². The Kier molecular flexibility index (Phi) is 6.68. The Labute approximate surface area is 186 Å². The summed E-state index contributed by atoms with van der Waals surface area (Å²) in [5.41, 5.74) is -12.0. The van der Waals surface area contributed by atoms with Crippen LogP contribution >= 0.6 is 11.8 Å². The predicted molar refractivity (Wildman–Crippen MR) is 94.1 cm³/mol. The second-order valence-electron chi connectivity index (χ2n) is 6.12. The van der Waals surface area contributed by atoms with Gasteiger partial charge in [0.25, 0.3) is 11.2 Å². The molecule has 1 aromatic carbocycles. The van der Waals surface area contributed by atoms with Crippen molar-refractivity contribution in [1.29, 1.82) is 0 Å². The van der Waals surface area contributed by atoms with E-state index in [0.29, 0.717) is 0 Å². The van der Waals surface area contributed by atoms with Crippen molar-refractivity contribution in [3.8, 4) is 0 Å². The van der Waals surface area contributed by atoms with E-state index in [1.54, 1.807) is 0 Å². The number of anilines is 1. The summed E-state index contributed by atoms with van der Waals surface area (Å²) < 4.78 is 133. The second kappa shape index (κ2) is 8.49. The lowest BCUT2D eigenvalue weighted by Gasteiger charge is -2.31. The molecule has 0 fully saturated rings. The number of nitro groups is 3. The molecular formula is C13H3F10N5O6S. The zero-order chi connectivity index (χ0) is 27.3. The van der Waals surface area contributed by atoms with Crippen LogP contribution in [-0.2, 0) is 0 Å². The first kappa shape index (κ1) is 27.5. The van der Waals surface area contributed by atoms with Gasteiger partial charge in [-0.25, -0.2) is 9.38 Å². The summed E-state index contributed by atoms with van der Waals surface area (Å²) in [6, 6.07) is 0.0344. The quantitative estimate of drug-likeness (QED) is 0.293. The van der Waals surface area contributed by atoms with Crippen molar-refractivity contribution in [3.05, 3.63) is 53.2 Å². The van der Waals surface area contributed by atoms with Crippen molar-refractivity contribution in [2.45, 2.75) is 24.1 Å². The Morgan fingerprint density at radius 2 is 1.29 bits per heavy atom. The number of amidine groups is 1. The van der Waals surface area contributed by atoms with E-state index in [1.165, 1.54) is 5.32 Å². The molecule has 0 aromatic heterocycles. The fourth-order valence-electron chi connectivity index (χ4n) is 2.55. The van der Waals surface area contributed by atoms with Crippen LogP contribution in [0.25, 0.3) is 0 Å². The summed E-state index contributed by atoms with van der Waals surface area (Å²) in [6.45, 7) is 0. The number of alkyl halides is 9. The molecule has 0 saturated heterocycles. The predicted octanol–water partition coefficient (Wildman–Crippen LogP) is 5.53. The van der Waals surface area contributed by atoms with Gasteiger partial charge >= 0.3 is 29.9 Å². The van der Waals surface area contributed by atoms with Crippen LogP contribution < -0.4 is 5.32 Å². The van der Waals surface area contributed by atoms with Crippen LogP contribution in [0.4, 0.5) is 66.7 Å². The third-order valence-electron chi connectivity index (χ3n) is 3.98. The number of nitrogens with zero attached hydrogens (tertiary/aromatic N) is 4. The molecule has 35 heavy (non-hydrogen) atoms. The summed E-state index contributed by atoms with van der Waals surface area (Å²) >= 11 is -1.24. The lowest BCUT2D eigenvalue weighted by atomic mass is 9.97. The minimum absolute atomic E-state index is 0.0172. The second-order valence-corrected chi connectivity index (χ2v) is 7.12. The van der Waals surface area contributed by atoms with Crippen molar-refractivity contribution < 1.29 is 58.7 Å². The van der Waals surface area contributed by atoms with E-state index in [4.69, 9.17) is 0 Å². The van der Waals surface area contributed by atoms with E-state index in [-0.39, 0.29) is 12.1 Å². The number of nitrogens with one attached hydrogen (secondary N) is 1. The van der Waals surface area contributed by atoms with Gasteiger partial charge in [0.2, 0.25) is 5.83 Å². The van der Waals surface area contributed by atoms with Crippen LogP contribution in [0.2, 0.25) is 0 Å². The normalized spacial score (nSPS) is 17.6. The molecule has 1 aliphatic rings. The standard InChI is InChI=1S/C13H3F10N5O6S/c14-7(11(15,16)17)8-10(12(18,19)20,13(21,22)23)25-9(35-8)24-6-4(27(31)32)1-3(26(29)30)2-5(6)28(33)34/h1-2H,(H,24,25). The smallest absolute Gasteiger partial charge is 0.323 e. The van der Waals surface area contributed by atoms with Gasteiger partial charge in [-0.3, -0.25) is 30.3 Å². The highest BCUT2D eigenvalue weighted by molar-refractivity contribution is 8.17. The summed E-state index contributed by atoms with van der Waals surface area (Å²) in [5, 5.41) is 32.6. The van der Waals surface area contributed by atoms with Crippen LogP contribution in [0.5, 0.6) is 0 Å². The number of rotatable bonds is 4. The van der Waals surface area contributed by atoms with E-state index in [2.05, 4.69) is 4.99 Å². The molecule has 22 heteroatoms. The number of benzene rings is 1. The number of hydrogen-bond donors (Lipinski definition) is 1. The first-order valence-electron chi connectivity index (χ1n) is 7.92. The van der Waals surface area contributed by atoms with Gasteiger partial charge in [-0.1, -0.05) is 11.8 Å². The average Bonchev–Trinajstić information content (AvgIpc) is 3.06. The summed E-state index contributed by atoms with van der Waals surface area (Å²) in [7, 11) is 0. The summed E-state index contributed by atoms with van der Waals surface area (Å²) in [6.07, 6.45) is -19.9. The molecule has 0 spiro atoms. The van der Waals surface area contributed by atoms with E-state index in [9.17, 15) is 74.2 Å². The van der Waals surface area contributed by atoms with Gasteiger partial charge < -0.3 is 5.32 Å². The summed E-state index contributed by atoms with van der Waals surface area (Å²) in [4.78, 5) is 27.7. The van der Waals surface area contributed by atoms with Crippen molar-refractivity contribution in [3.63, 3.8) is 0 Å². The zero-order valence-corrected chi connectivity index (χ0v) is 16.4. The van der Waals surface area contributed by atoms with Gasteiger partial charge in [0, 0.05) is 0 Å². The number of hydrogen-bond acceptors (Lipinski definition) is 9. The van der Waals surface area contributed by atoms with Gasteiger partial charge in [-0.05, 0) is 0 Å². The Hall–Kier alpha value is -3.72. The Balaban J connectivity index is 2.88. The van der Waals surface area contributed by atoms with Crippen LogP contribution in [0.3, 0.4) is 0 Å². The first-order valence-corrected chi connectivity index (χ1v) is 8.73. The molecule has 0 bridgehead atoms. The third-order valence-corrected chi connectivity index (χ3v) is 5.05. The molecule has 1 aliphatic heterocycles. The molecule has 192 valence electrons. The van der Waals surface area contributed by atoms with Crippen LogP contribution in [-0.4, -0.2) is 44.0 Å². The maximum atomic E-state index is 13.8. The first-order chi connectivity index (χ1) is 15.6. The summed E-state index contributed by atoms with van der Waals surface area (Å²) in [5.74, 6) is -3.86. The number of nitro benzene ring substituents is 3. The molecule has 0 radical (unpaired) electrons. The van der Waals surface area contributed by atoms with E-state index < -0.39 is 89.2 Å². The van der Waals surface area contributed by atoms with Crippen molar-refractivity contribution in [2.24, 2.45) is 4.99 Å². The molecule has 0 atom stereocenters.